The standard InChI is InChI=1S/C17H15ClN2O2S2/c1-9-14(16(21)22-2)15(20-17(23)19-9)13-7-6-12(24-13)10-4-3-5-11(18)8-10/h3-8,15H,1-2H3,(H2,19,20,23). The number of carbonyl (C=O) groups is 1. The lowest BCUT2D eigenvalue weighted by Gasteiger charge is -2.28. The van der Waals surface area contributed by atoms with Crippen LogP contribution in [0.25, 0.3) is 10.4 Å². The molecule has 0 fully saturated rings. The predicted molar refractivity (Wildman–Crippen MR) is 101 cm³/mol. The van der Waals surface area contributed by atoms with E-state index in [0.29, 0.717) is 21.4 Å². The van der Waals surface area contributed by atoms with Gasteiger partial charge in [0.15, 0.2) is 5.11 Å². The number of ether oxygens (including phenoxy) is 1. The van der Waals surface area contributed by atoms with Crippen molar-refractivity contribution in [1.29, 1.82) is 0 Å². The van der Waals surface area contributed by atoms with Crippen molar-refractivity contribution in [3.63, 3.8) is 0 Å². The number of nitrogens with one attached hydrogen (secondary N) is 2. The molecule has 0 aliphatic carbocycles. The van der Waals surface area contributed by atoms with Gasteiger partial charge in [0, 0.05) is 20.5 Å². The number of allylic oxidation sites excluding steroid dienone is 1. The van der Waals surface area contributed by atoms with E-state index in [1.165, 1.54) is 7.11 Å². The van der Waals surface area contributed by atoms with Gasteiger partial charge < -0.3 is 15.4 Å². The van der Waals surface area contributed by atoms with Gasteiger partial charge in [-0.2, -0.15) is 0 Å². The van der Waals surface area contributed by atoms with Crippen molar-refractivity contribution in [3.8, 4) is 10.4 Å². The van der Waals surface area contributed by atoms with Gasteiger partial charge in [-0.05, 0) is 49.0 Å². The topological polar surface area (TPSA) is 50.4 Å². The SMILES string of the molecule is COC(=O)C1=C(C)NC(=S)NC1c1ccc(-c2cccc(Cl)c2)s1. The lowest BCUT2D eigenvalue weighted by molar-refractivity contribution is -0.136. The molecule has 24 heavy (non-hydrogen) atoms. The third-order valence-electron chi connectivity index (χ3n) is 3.69. The van der Waals surface area contributed by atoms with E-state index in [1.54, 1.807) is 11.3 Å². The van der Waals surface area contributed by atoms with E-state index in [1.807, 2.05) is 43.3 Å². The summed E-state index contributed by atoms with van der Waals surface area (Å²) in [6.07, 6.45) is 0. The molecule has 1 aromatic carbocycles. The van der Waals surface area contributed by atoms with Crippen LogP contribution in [0.15, 0.2) is 47.7 Å². The maximum absolute atomic E-state index is 12.2. The lowest BCUT2D eigenvalue weighted by atomic mass is 10.0. The van der Waals surface area contributed by atoms with Gasteiger partial charge in [-0.3, -0.25) is 0 Å². The van der Waals surface area contributed by atoms with Crippen LogP contribution in [0, 0.1) is 0 Å². The number of halogens is 1. The van der Waals surface area contributed by atoms with E-state index in [0.717, 1.165) is 15.3 Å². The van der Waals surface area contributed by atoms with Crippen LogP contribution >= 0.6 is 35.2 Å². The Balaban J connectivity index is 2.00. The van der Waals surface area contributed by atoms with E-state index < -0.39 is 0 Å². The van der Waals surface area contributed by atoms with E-state index in [-0.39, 0.29) is 12.0 Å². The van der Waals surface area contributed by atoms with Gasteiger partial charge in [-0.25, -0.2) is 4.79 Å². The third-order valence-corrected chi connectivity index (χ3v) is 5.35. The molecule has 0 radical (unpaired) electrons. The minimum absolute atomic E-state index is 0.330. The molecule has 1 aliphatic rings. The van der Waals surface area contributed by atoms with Crippen LogP contribution in [0.5, 0.6) is 0 Å². The third kappa shape index (κ3) is 3.31. The summed E-state index contributed by atoms with van der Waals surface area (Å²) in [5.74, 6) is -0.377. The second-order valence-corrected chi connectivity index (χ2v) is 7.23. The van der Waals surface area contributed by atoms with Gasteiger partial charge in [0.2, 0.25) is 0 Å². The molecule has 0 spiro atoms. The Bertz CT molecular complexity index is 845. The van der Waals surface area contributed by atoms with Gasteiger partial charge in [0.1, 0.15) is 0 Å². The average Bonchev–Trinajstić information content (AvgIpc) is 3.03. The fourth-order valence-corrected chi connectivity index (χ4v) is 4.12. The number of thiophene rings is 1. The summed E-state index contributed by atoms with van der Waals surface area (Å²) in [5.41, 5.74) is 2.27. The molecule has 0 saturated carbocycles. The molecule has 1 atom stereocenters. The highest BCUT2D eigenvalue weighted by molar-refractivity contribution is 7.80. The molecule has 1 aromatic heterocycles. The predicted octanol–water partition coefficient (Wildman–Crippen LogP) is 4.03. The number of esters is 1. The van der Waals surface area contributed by atoms with Crippen molar-refractivity contribution in [3.05, 3.63) is 57.6 Å². The number of methoxy groups -OCH3 is 1. The van der Waals surface area contributed by atoms with Crippen molar-refractivity contribution >= 4 is 46.2 Å². The highest BCUT2D eigenvalue weighted by Crippen LogP contribution is 2.36. The summed E-state index contributed by atoms with van der Waals surface area (Å²) in [7, 11) is 1.37. The number of hydrogen-bond acceptors (Lipinski definition) is 4. The fraction of sp³-hybridized carbons (Fsp3) is 0.176. The van der Waals surface area contributed by atoms with Gasteiger partial charge >= 0.3 is 5.97 Å². The van der Waals surface area contributed by atoms with Crippen LogP contribution in [0.4, 0.5) is 0 Å². The summed E-state index contributed by atoms with van der Waals surface area (Å²) in [6, 6.07) is 11.4. The minimum Gasteiger partial charge on any atom is -0.466 e. The maximum atomic E-state index is 12.2. The molecule has 1 aliphatic heterocycles. The molecule has 7 heteroatoms. The molecule has 0 amide bonds. The summed E-state index contributed by atoms with van der Waals surface area (Å²) in [6.45, 7) is 1.82. The zero-order valence-corrected chi connectivity index (χ0v) is 15.4. The van der Waals surface area contributed by atoms with Crippen LogP contribution in [-0.4, -0.2) is 18.2 Å². The molecule has 2 heterocycles. The first-order valence-corrected chi connectivity index (χ1v) is 8.82. The largest absolute Gasteiger partial charge is 0.466 e. The molecule has 3 rings (SSSR count). The molecule has 0 bridgehead atoms. The van der Waals surface area contributed by atoms with Crippen molar-refractivity contribution in [2.24, 2.45) is 0 Å². The van der Waals surface area contributed by atoms with Gasteiger partial charge in [-0.1, -0.05) is 23.7 Å². The molecule has 1 unspecified atom stereocenters. The first kappa shape index (κ1) is 17.0. The zero-order valence-electron chi connectivity index (χ0n) is 13.1. The molecule has 4 nitrogen and oxygen atoms in total. The molecule has 0 saturated heterocycles. The first-order chi connectivity index (χ1) is 11.5. The number of rotatable bonds is 3. The molecule has 124 valence electrons. The Kier molecular flexibility index (Phi) is 4.89. The van der Waals surface area contributed by atoms with Gasteiger partial charge in [0.25, 0.3) is 0 Å². The van der Waals surface area contributed by atoms with Crippen molar-refractivity contribution in [1.82, 2.24) is 10.6 Å². The van der Waals surface area contributed by atoms with Crippen LogP contribution in [0.1, 0.15) is 17.8 Å². The normalized spacial score (nSPS) is 17.3. The van der Waals surface area contributed by atoms with E-state index in [4.69, 9.17) is 28.6 Å². The zero-order chi connectivity index (χ0) is 17.3. The Morgan fingerprint density at radius 2 is 2.12 bits per heavy atom. The second kappa shape index (κ2) is 6.93. The van der Waals surface area contributed by atoms with Crippen LogP contribution < -0.4 is 10.6 Å². The van der Waals surface area contributed by atoms with Crippen molar-refractivity contribution < 1.29 is 9.53 Å². The second-order valence-electron chi connectivity index (χ2n) is 5.27. The number of carbonyl (C=O) groups excluding carboxylic acids is 1. The van der Waals surface area contributed by atoms with E-state index >= 15 is 0 Å². The fourth-order valence-electron chi connectivity index (χ4n) is 2.59. The molecular weight excluding hydrogens is 364 g/mol. The minimum atomic E-state index is -0.377. The number of thiocarbonyl (C=S) groups is 1. The highest BCUT2D eigenvalue weighted by atomic mass is 35.5. The monoisotopic (exact) mass is 378 g/mol. The van der Waals surface area contributed by atoms with Gasteiger partial charge in [-0.15, -0.1) is 11.3 Å². The summed E-state index contributed by atoms with van der Waals surface area (Å²) >= 11 is 12.9. The van der Waals surface area contributed by atoms with E-state index in [9.17, 15) is 4.79 Å². The van der Waals surface area contributed by atoms with Gasteiger partial charge in [0.05, 0.1) is 18.7 Å². The Hall–Kier alpha value is -1.89. The Labute approximate surface area is 154 Å². The van der Waals surface area contributed by atoms with Crippen LogP contribution in [0.3, 0.4) is 0 Å². The summed E-state index contributed by atoms with van der Waals surface area (Å²) < 4.78 is 4.92. The number of hydrogen-bond donors (Lipinski definition) is 2. The molecule has 2 N–H and O–H groups in total. The summed E-state index contributed by atoms with van der Waals surface area (Å²) in [5, 5.41) is 7.31. The quantitative estimate of drug-likeness (QED) is 0.623. The summed E-state index contributed by atoms with van der Waals surface area (Å²) in [4.78, 5) is 14.2. The number of benzene rings is 1. The Morgan fingerprint density at radius 1 is 1.33 bits per heavy atom. The van der Waals surface area contributed by atoms with E-state index in [2.05, 4.69) is 10.6 Å². The van der Waals surface area contributed by atoms with Crippen LogP contribution in [0.2, 0.25) is 5.02 Å². The van der Waals surface area contributed by atoms with Crippen LogP contribution in [-0.2, 0) is 9.53 Å². The molecule has 2 aromatic rings. The highest BCUT2D eigenvalue weighted by Gasteiger charge is 2.31. The molecular formula is C17H15ClN2O2S2. The first-order valence-electron chi connectivity index (χ1n) is 7.22. The Morgan fingerprint density at radius 3 is 2.83 bits per heavy atom. The average molecular weight is 379 g/mol. The van der Waals surface area contributed by atoms with Crippen molar-refractivity contribution in [2.45, 2.75) is 13.0 Å². The maximum Gasteiger partial charge on any atom is 0.337 e. The lowest BCUT2D eigenvalue weighted by Crippen LogP contribution is -2.44. The smallest absolute Gasteiger partial charge is 0.337 e. The van der Waals surface area contributed by atoms with Crippen molar-refractivity contribution in [2.75, 3.05) is 7.11 Å².